The Morgan fingerprint density at radius 1 is 1.32 bits per heavy atom. The number of nitrogens with one attached hydrogen (secondary N) is 2. The van der Waals surface area contributed by atoms with Gasteiger partial charge in [0.15, 0.2) is 0 Å². The van der Waals surface area contributed by atoms with Crippen LogP contribution in [0.1, 0.15) is 25.7 Å². The Bertz CT molecular complexity index is 530. The van der Waals surface area contributed by atoms with Crippen molar-refractivity contribution in [3.63, 3.8) is 0 Å². The number of piperidine rings is 1. The summed E-state index contributed by atoms with van der Waals surface area (Å²) in [6.07, 6.45) is 6.84. The number of nitrogens with zero attached hydrogens (tertiary/aromatic N) is 2. The van der Waals surface area contributed by atoms with Gasteiger partial charge in [-0.25, -0.2) is 0 Å². The number of amides is 2. The Balaban J connectivity index is 1.39. The van der Waals surface area contributed by atoms with Crippen molar-refractivity contribution >= 4 is 17.5 Å². The molecular formula is C16H22N4O2. The van der Waals surface area contributed by atoms with E-state index < -0.39 is 0 Å². The summed E-state index contributed by atoms with van der Waals surface area (Å²) >= 11 is 0. The molecule has 2 aliphatic rings. The summed E-state index contributed by atoms with van der Waals surface area (Å²) in [6.45, 7) is 1.82. The van der Waals surface area contributed by atoms with Gasteiger partial charge in [0, 0.05) is 44.5 Å². The Kier molecular flexibility index (Phi) is 4.56. The second-order valence-electron chi connectivity index (χ2n) is 5.97. The molecule has 2 fully saturated rings. The lowest BCUT2D eigenvalue weighted by Gasteiger charge is -2.32. The Hall–Kier alpha value is -2.11. The standard InChI is InChI=1S/C16H22N4O2/c21-15-6-3-12(11-20(15)14-4-5-14)16(22)19-9-8-18-13-2-1-7-17-10-13/h1-2,7,10,12,14,18H,3-6,8-9,11H2,(H,19,22). The molecule has 1 atom stereocenters. The van der Waals surface area contributed by atoms with E-state index in [4.69, 9.17) is 0 Å². The molecule has 2 N–H and O–H groups in total. The zero-order valence-electron chi connectivity index (χ0n) is 12.6. The first-order chi connectivity index (χ1) is 10.7. The summed E-state index contributed by atoms with van der Waals surface area (Å²) in [5.41, 5.74) is 0.944. The lowest BCUT2D eigenvalue weighted by Crippen LogP contribution is -2.47. The van der Waals surface area contributed by atoms with Crippen molar-refractivity contribution < 1.29 is 9.59 Å². The molecule has 1 unspecified atom stereocenters. The number of aromatic nitrogens is 1. The molecule has 2 heterocycles. The molecule has 1 aliphatic heterocycles. The van der Waals surface area contributed by atoms with Crippen LogP contribution in [0.4, 0.5) is 5.69 Å². The molecule has 2 amide bonds. The lowest BCUT2D eigenvalue weighted by molar-refractivity contribution is -0.138. The second kappa shape index (κ2) is 6.77. The molecule has 1 saturated heterocycles. The highest BCUT2D eigenvalue weighted by Gasteiger charge is 2.38. The van der Waals surface area contributed by atoms with Crippen LogP contribution in [0.25, 0.3) is 0 Å². The summed E-state index contributed by atoms with van der Waals surface area (Å²) in [7, 11) is 0. The third kappa shape index (κ3) is 3.75. The van der Waals surface area contributed by atoms with Gasteiger partial charge in [-0.3, -0.25) is 14.6 Å². The van der Waals surface area contributed by atoms with E-state index in [9.17, 15) is 9.59 Å². The summed E-state index contributed by atoms with van der Waals surface area (Å²) < 4.78 is 0. The molecule has 1 aromatic heterocycles. The number of carbonyl (C=O) groups excluding carboxylic acids is 2. The van der Waals surface area contributed by atoms with Crippen LogP contribution in [0, 0.1) is 5.92 Å². The van der Waals surface area contributed by atoms with E-state index in [-0.39, 0.29) is 17.7 Å². The highest BCUT2D eigenvalue weighted by atomic mass is 16.2. The van der Waals surface area contributed by atoms with Gasteiger partial charge in [-0.05, 0) is 31.4 Å². The van der Waals surface area contributed by atoms with E-state index in [1.807, 2.05) is 17.0 Å². The van der Waals surface area contributed by atoms with Gasteiger partial charge in [0.2, 0.25) is 11.8 Å². The topological polar surface area (TPSA) is 74.3 Å². The number of anilines is 1. The van der Waals surface area contributed by atoms with Gasteiger partial charge < -0.3 is 15.5 Å². The van der Waals surface area contributed by atoms with Gasteiger partial charge in [-0.2, -0.15) is 0 Å². The first kappa shape index (κ1) is 14.8. The van der Waals surface area contributed by atoms with Gasteiger partial charge in [-0.15, -0.1) is 0 Å². The van der Waals surface area contributed by atoms with Crippen molar-refractivity contribution in [3.8, 4) is 0 Å². The van der Waals surface area contributed by atoms with Crippen LogP contribution in [0.5, 0.6) is 0 Å². The average Bonchev–Trinajstić information content (AvgIpc) is 3.37. The average molecular weight is 302 g/mol. The number of pyridine rings is 1. The second-order valence-corrected chi connectivity index (χ2v) is 5.97. The normalized spacial score (nSPS) is 21.5. The fourth-order valence-corrected chi connectivity index (χ4v) is 2.83. The summed E-state index contributed by atoms with van der Waals surface area (Å²) in [5, 5.41) is 6.16. The van der Waals surface area contributed by atoms with Crippen LogP contribution in [0.3, 0.4) is 0 Å². The lowest BCUT2D eigenvalue weighted by atomic mass is 9.96. The highest BCUT2D eigenvalue weighted by molar-refractivity contribution is 5.84. The molecule has 3 rings (SSSR count). The van der Waals surface area contributed by atoms with Crippen LogP contribution >= 0.6 is 0 Å². The highest BCUT2D eigenvalue weighted by Crippen LogP contribution is 2.31. The van der Waals surface area contributed by atoms with Crippen molar-refractivity contribution in [2.24, 2.45) is 5.92 Å². The van der Waals surface area contributed by atoms with E-state index in [1.165, 1.54) is 0 Å². The van der Waals surface area contributed by atoms with E-state index >= 15 is 0 Å². The van der Waals surface area contributed by atoms with Crippen molar-refractivity contribution in [1.82, 2.24) is 15.2 Å². The molecule has 6 heteroatoms. The predicted octanol–water partition coefficient (Wildman–Crippen LogP) is 1.01. The van der Waals surface area contributed by atoms with Gasteiger partial charge >= 0.3 is 0 Å². The van der Waals surface area contributed by atoms with E-state index in [2.05, 4.69) is 15.6 Å². The molecule has 1 aliphatic carbocycles. The molecular weight excluding hydrogens is 280 g/mol. The van der Waals surface area contributed by atoms with Crippen molar-refractivity contribution in [3.05, 3.63) is 24.5 Å². The van der Waals surface area contributed by atoms with Gasteiger partial charge in [0.25, 0.3) is 0 Å². The summed E-state index contributed by atoms with van der Waals surface area (Å²) in [4.78, 5) is 30.0. The molecule has 1 aromatic rings. The first-order valence-corrected chi connectivity index (χ1v) is 7.95. The number of rotatable bonds is 6. The summed E-state index contributed by atoms with van der Waals surface area (Å²) in [5.74, 6) is 0.215. The number of hydrogen-bond donors (Lipinski definition) is 2. The van der Waals surface area contributed by atoms with E-state index in [0.717, 1.165) is 18.5 Å². The fourth-order valence-electron chi connectivity index (χ4n) is 2.83. The zero-order chi connectivity index (χ0) is 15.4. The number of hydrogen-bond acceptors (Lipinski definition) is 4. The predicted molar refractivity (Wildman–Crippen MR) is 83.2 cm³/mol. The van der Waals surface area contributed by atoms with E-state index in [0.29, 0.717) is 38.5 Å². The SMILES string of the molecule is O=C(NCCNc1cccnc1)C1CCC(=O)N(C2CC2)C1. The van der Waals surface area contributed by atoms with Crippen LogP contribution < -0.4 is 10.6 Å². The third-order valence-electron chi connectivity index (χ3n) is 4.22. The minimum Gasteiger partial charge on any atom is -0.382 e. The zero-order valence-corrected chi connectivity index (χ0v) is 12.6. The molecule has 0 radical (unpaired) electrons. The van der Waals surface area contributed by atoms with Gasteiger partial charge in [-0.1, -0.05) is 0 Å². The van der Waals surface area contributed by atoms with Crippen LogP contribution in [-0.4, -0.2) is 47.4 Å². The quantitative estimate of drug-likeness (QED) is 0.769. The maximum absolute atomic E-state index is 12.2. The Labute approximate surface area is 130 Å². The maximum Gasteiger partial charge on any atom is 0.224 e. The molecule has 6 nitrogen and oxygen atoms in total. The van der Waals surface area contributed by atoms with E-state index in [1.54, 1.807) is 12.4 Å². The third-order valence-corrected chi connectivity index (χ3v) is 4.22. The monoisotopic (exact) mass is 302 g/mol. The molecule has 118 valence electrons. The maximum atomic E-state index is 12.2. The molecule has 0 aromatic carbocycles. The van der Waals surface area contributed by atoms with Crippen molar-refractivity contribution in [2.45, 2.75) is 31.7 Å². The smallest absolute Gasteiger partial charge is 0.224 e. The largest absolute Gasteiger partial charge is 0.382 e. The fraction of sp³-hybridized carbons (Fsp3) is 0.562. The Morgan fingerprint density at radius 3 is 2.91 bits per heavy atom. The molecule has 0 spiro atoms. The molecule has 1 saturated carbocycles. The number of carbonyl (C=O) groups is 2. The Morgan fingerprint density at radius 2 is 2.18 bits per heavy atom. The van der Waals surface area contributed by atoms with Crippen molar-refractivity contribution in [2.75, 3.05) is 25.0 Å². The van der Waals surface area contributed by atoms with Crippen molar-refractivity contribution in [1.29, 1.82) is 0 Å². The summed E-state index contributed by atoms with van der Waals surface area (Å²) in [6, 6.07) is 4.21. The van der Waals surface area contributed by atoms with Crippen LogP contribution in [-0.2, 0) is 9.59 Å². The minimum absolute atomic E-state index is 0.0586. The van der Waals surface area contributed by atoms with Crippen LogP contribution in [0.2, 0.25) is 0 Å². The first-order valence-electron chi connectivity index (χ1n) is 7.95. The number of likely N-dealkylation sites (tertiary alicyclic amines) is 1. The molecule has 22 heavy (non-hydrogen) atoms. The van der Waals surface area contributed by atoms with Crippen LogP contribution in [0.15, 0.2) is 24.5 Å². The van der Waals surface area contributed by atoms with Gasteiger partial charge in [0.05, 0.1) is 11.6 Å². The molecule has 0 bridgehead atoms. The van der Waals surface area contributed by atoms with Gasteiger partial charge in [0.1, 0.15) is 0 Å². The minimum atomic E-state index is -0.0586.